The van der Waals surface area contributed by atoms with Gasteiger partial charge < -0.3 is 15.1 Å². The summed E-state index contributed by atoms with van der Waals surface area (Å²) < 4.78 is 30.9. The van der Waals surface area contributed by atoms with Crippen LogP contribution in [0, 0.1) is 0 Å². The van der Waals surface area contributed by atoms with Crippen LogP contribution in [-0.2, 0) is 6.61 Å². The SMILES string of the molecule is O=C(O)c1cccc(C(F)F)c1COc1ccn(O)n1. The maximum Gasteiger partial charge on any atom is 0.336 e. The first-order valence-electron chi connectivity index (χ1n) is 5.50. The molecule has 0 aliphatic carbocycles. The van der Waals surface area contributed by atoms with Gasteiger partial charge in [-0.3, -0.25) is 0 Å². The number of alkyl halides is 2. The van der Waals surface area contributed by atoms with E-state index in [1.54, 1.807) is 0 Å². The molecule has 2 rings (SSSR count). The van der Waals surface area contributed by atoms with Gasteiger partial charge in [0.25, 0.3) is 6.43 Å². The van der Waals surface area contributed by atoms with Gasteiger partial charge in [0.2, 0.25) is 5.88 Å². The van der Waals surface area contributed by atoms with E-state index in [9.17, 15) is 13.6 Å². The second-order valence-electron chi connectivity index (χ2n) is 3.84. The van der Waals surface area contributed by atoms with Crippen molar-refractivity contribution in [2.75, 3.05) is 0 Å². The second kappa shape index (κ2) is 5.55. The van der Waals surface area contributed by atoms with E-state index in [1.807, 2.05) is 0 Å². The van der Waals surface area contributed by atoms with Crippen LogP contribution in [0.3, 0.4) is 0 Å². The number of carboxylic acids is 1. The van der Waals surface area contributed by atoms with Crippen LogP contribution in [0.5, 0.6) is 5.88 Å². The topological polar surface area (TPSA) is 84.6 Å². The predicted molar refractivity (Wildman–Crippen MR) is 62.1 cm³/mol. The zero-order valence-corrected chi connectivity index (χ0v) is 10.0. The number of ether oxygens (including phenoxy) is 1. The van der Waals surface area contributed by atoms with E-state index >= 15 is 0 Å². The highest BCUT2D eigenvalue weighted by Gasteiger charge is 2.20. The van der Waals surface area contributed by atoms with Gasteiger partial charge in [0.15, 0.2) is 0 Å². The quantitative estimate of drug-likeness (QED) is 0.823. The molecule has 2 aromatic rings. The number of aromatic nitrogens is 2. The zero-order chi connectivity index (χ0) is 14.7. The monoisotopic (exact) mass is 284 g/mol. The molecule has 20 heavy (non-hydrogen) atoms. The molecule has 8 heteroatoms. The molecule has 6 nitrogen and oxygen atoms in total. The lowest BCUT2D eigenvalue weighted by atomic mass is 10.0. The molecule has 0 fully saturated rings. The zero-order valence-electron chi connectivity index (χ0n) is 10.0. The third-order valence-corrected chi connectivity index (χ3v) is 2.59. The summed E-state index contributed by atoms with van der Waals surface area (Å²) in [6.45, 7) is -0.390. The molecule has 0 aliphatic rings. The minimum absolute atomic E-state index is 0.00657. The van der Waals surface area contributed by atoms with Crippen LogP contribution in [0.1, 0.15) is 27.9 Å². The van der Waals surface area contributed by atoms with E-state index in [2.05, 4.69) is 5.10 Å². The highest BCUT2D eigenvalue weighted by atomic mass is 19.3. The van der Waals surface area contributed by atoms with Gasteiger partial charge in [0.05, 0.1) is 11.8 Å². The van der Waals surface area contributed by atoms with Gasteiger partial charge in [0, 0.05) is 17.2 Å². The summed E-state index contributed by atoms with van der Waals surface area (Å²) in [7, 11) is 0. The molecular formula is C12H10F2N2O4. The van der Waals surface area contributed by atoms with Crippen molar-refractivity contribution in [1.29, 1.82) is 0 Å². The Bertz CT molecular complexity index is 628. The summed E-state index contributed by atoms with van der Waals surface area (Å²) >= 11 is 0. The molecule has 0 amide bonds. The molecule has 0 radical (unpaired) electrons. The summed E-state index contributed by atoms with van der Waals surface area (Å²) in [6, 6.07) is 4.92. The Kier molecular flexibility index (Phi) is 3.83. The van der Waals surface area contributed by atoms with E-state index in [0.29, 0.717) is 4.85 Å². The number of halogens is 2. The number of hydrogen-bond acceptors (Lipinski definition) is 4. The van der Waals surface area contributed by atoms with Crippen LogP contribution in [0.25, 0.3) is 0 Å². The van der Waals surface area contributed by atoms with Crippen molar-refractivity contribution < 1.29 is 28.6 Å². The Morgan fingerprint density at radius 3 is 2.70 bits per heavy atom. The molecule has 1 aromatic carbocycles. The molecule has 0 saturated heterocycles. The molecule has 1 aromatic heterocycles. The Balaban J connectivity index is 2.30. The van der Waals surface area contributed by atoms with Crippen molar-refractivity contribution in [3.8, 4) is 5.88 Å². The normalized spacial score (nSPS) is 10.8. The van der Waals surface area contributed by atoms with Gasteiger partial charge in [-0.05, 0) is 6.07 Å². The summed E-state index contributed by atoms with van der Waals surface area (Å²) in [5.74, 6) is -1.33. The lowest BCUT2D eigenvalue weighted by Gasteiger charge is -2.12. The number of carbonyl (C=O) groups is 1. The van der Waals surface area contributed by atoms with Gasteiger partial charge in [-0.15, -0.1) is 4.85 Å². The maximum absolute atomic E-state index is 12.9. The molecule has 0 unspecified atom stereocenters. The van der Waals surface area contributed by atoms with Gasteiger partial charge in [-0.2, -0.15) is 0 Å². The van der Waals surface area contributed by atoms with E-state index in [1.165, 1.54) is 24.4 Å². The fourth-order valence-corrected chi connectivity index (χ4v) is 1.69. The Labute approximate surface area is 111 Å². The summed E-state index contributed by atoms with van der Waals surface area (Å²) in [5, 5.41) is 21.5. The standard InChI is InChI=1S/C12H10F2N2O4/c13-11(14)7-2-1-3-8(12(17)18)9(7)6-20-10-4-5-16(19)15-10/h1-5,11,19H,6H2,(H,17,18). The highest BCUT2D eigenvalue weighted by Crippen LogP contribution is 2.26. The van der Waals surface area contributed by atoms with Crippen molar-refractivity contribution in [2.24, 2.45) is 0 Å². The number of rotatable bonds is 5. The van der Waals surface area contributed by atoms with E-state index < -0.39 is 18.0 Å². The predicted octanol–water partition coefficient (Wildman–Crippen LogP) is 2.34. The average Bonchev–Trinajstić information content (AvgIpc) is 2.81. The maximum atomic E-state index is 12.9. The van der Waals surface area contributed by atoms with Gasteiger partial charge >= 0.3 is 5.97 Å². The van der Waals surface area contributed by atoms with Gasteiger partial charge in [-0.1, -0.05) is 17.2 Å². The van der Waals surface area contributed by atoms with Crippen LogP contribution in [0.4, 0.5) is 8.78 Å². The molecule has 0 atom stereocenters. The molecule has 2 N–H and O–H groups in total. The van der Waals surface area contributed by atoms with E-state index in [-0.39, 0.29) is 23.6 Å². The van der Waals surface area contributed by atoms with Crippen LogP contribution < -0.4 is 4.74 Å². The first-order valence-corrected chi connectivity index (χ1v) is 5.50. The largest absolute Gasteiger partial charge is 0.478 e. The average molecular weight is 284 g/mol. The molecule has 0 aliphatic heterocycles. The minimum Gasteiger partial charge on any atom is -0.478 e. The van der Waals surface area contributed by atoms with Crippen molar-refractivity contribution in [3.63, 3.8) is 0 Å². The lowest BCUT2D eigenvalue weighted by Crippen LogP contribution is -2.09. The number of aromatic carboxylic acids is 1. The number of hydrogen-bond donors (Lipinski definition) is 2. The third-order valence-electron chi connectivity index (χ3n) is 2.59. The molecular weight excluding hydrogens is 274 g/mol. The van der Waals surface area contributed by atoms with Crippen molar-refractivity contribution in [2.45, 2.75) is 13.0 Å². The second-order valence-corrected chi connectivity index (χ2v) is 3.84. The lowest BCUT2D eigenvalue weighted by molar-refractivity contribution is 0.0692. The summed E-state index contributed by atoms with van der Waals surface area (Å²) in [6.07, 6.45) is -1.63. The third kappa shape index (κ3) is 2.85. The smallest absolute Gasteiger partial charge is 0.336 e. The van der Waals surface area contributed by atoms with Crippen LogP contribution in [0.2, 0.25) is 0 Å². The molecule has 106 valence electrons. The Morgan fingerprint density at radius 2 is 2.15 bits per heavy atom. The minimum atomic E-state index is -2.82. The number of carboxylic acid groups (broad SMARTS) is 1. The molecule has 1 heterocycles. The first-order chi connectivity index (χ1) is 9.49. The van der Waals surface area contributed by atoms with E-state index in [4.69, 9.17) is 15.1 Å². The van der Waals surface area contributed by atoms with Crippen LogP contribution in [-0.4, -0.2) is 26.2 Å². The van der Waals surface area contributed by atoms with Crippen LogP contribution >= 0.6 is 0 Å². The Hall–Kier alpha value is -2.64. The van der Waals surface area contributed by atoms with Crippen molar-refractivity contribution in [3.05, 3.63) is 47.2 Å². The van der Waals surface area contributed by atoms with Crippen LogP contribution in [0.15, 0.2) is 30.5 Å². The molecule has 0 spiro atoms. The molecule has 0 bridgehead atoms. The summed E-state index contributed by atoms with van der Waals surface area (Å²) in [5.41, 5.74) is -0.790. The summed E-state index contributed by atoms with van der Waals surface area (Å²) in [4.78, 5) is 11.5. The molecule has 0 saturated carbocycles. The van der Waals surface area contributed by atoms with E-state index in [0.717, 1.165) is 6.07 Å². The fourth-order valence-electron chi connectivity index (χ4n) is 1.69. The van der Waals surface area contributed by atoms with Gasteiger partial charge in [0.1, 0.15) is 6.61 Å². The number of benzene rings is 1. The number of nitrogens with zero attached hydrogens (tertiary/aromatic N) is 2. The van der Waals surface area contributed by atoms with Crippen molar-refractivity contribution in [1.82, 2.24) is 9.94 Å². The first kappa shape index (κ1) is 13.8. The van der Waals surface area contributed by atoms with Gasteiger partial charge in [-0.25, -0.2) is 13.6 Å². The van der Waals surface area contributed by atoms with Crippen molar-refractivity contribution >= 4 is 5.97 Å². The Morgan fingerprint density at radius 1 is 1.40 bits per heavy atom. The fraction of sp³-hybridized carbons (Fsp3) is 0.167. The highest BCUT2D eigenvalue weighted by molar-refractivity contribution is 5.89.